The van der Waals surface area contributed by atoms with Crippen molar-refractivity contribution in [1.29, 1.82) is 0 Å². The van der Waals surface area contributed by atoms with Crippen LogP contribution in [0.25, 0.3) is 0 Å². The summed E-state index contributed by atoms with van der Waals surface area (Å²) in [5, 5.41) is 14.4. The van der Waals surface area contributed by atoms with Crippen LogP contribution in [-0.2, 0) is 5.54 Å². The summed E-state index contributed by atoms with van der Waals surface area (Å²) in [6.07, 6.45) is 1.70. The topological polar surface area (TPSA) is 92.4 Å². The molecule has 0 fully saturated rings. The number of aromatic carboxylic acids is 1. The van der Waals surface area contributed by atoms with Crippen LogP contribution in [0.15, 0.2) is 22.1 Å². The molecule has 0 spiro atoms. The van der Waals surface area contributed by atoms with Gasteiger partial charge in [-0.25, -0.2) is 9.78 Å². The molecule has 0 saturated heterocycles. The zero-order valence-corrected chi connectivity index (χ0v) is 12.8. The zero-order chi connectivity index (χ0) is 15.6. The van der Waals surface area contributed by atoms with Crippen LogP contribution in [0.4, 0.5) is 0 Å². The molecule has 2 aromatic rings. The Bertz CT molecular complexity index is 676. The normalized spacial score (nSPS) is 13.7. The molecule has 2 N–H and O–H groups in total. The molecule has 0 radical (unpaired) electrons. The average Bonchev–Trinajstić information content (AvgIpc) is 3.07. The lowest BCUT2D eigenvalue weighted by Gasteiger charge is -2.26. The third-order valence-electron chi connectivity index (χ3n) is 3.26. The Morgan fingerprint density at radius 2 is 2.24 bits per heavy atom. The first kappa shape index (κ1) is 15.2. The van der Waals surface area contributed by atoms with Crippen molar-refractivity contribution in [1.82, 2.24) is 10.3 Å². The number of carboxylic acid groups (broad SMARTS) is 1. The molecule has 2 rings (SSSR count). The van der Waals surface area contributed by atoms with Crippen molar-refractivity contribution >= 4 is 23.2 Å². The van der Waals surface area contributed by atoms with Crippen molar-refractivity contribution in [3.05, 3.63) is 39.7 Å². The van der Waals surface area contributed by atoms with Gasteiger partial charge in [0.05, 0.1) is 11.1 Å². The second-order valence-corrected chi connectivity index (χ2v) is 5.80. The number of carbonyl (C=O) groups excluding carboxylic acids is 1. The van der Waals surface area contributed by atoms with Crippen LogP contribution in [0.1, 0.15) is 51.9 Å². The van der Waals surface area contributed by atoms with E-state index < -0.39 is 17.4 Å². The smallest absolute Gasteiger partial charge is 0.338 e. The Morgan fingerprint density at radius 1 is 1.52 bits per heavy atom. The molecule has 0 aliphatic heterocycles. The van der Waals surface area contributed by atoms with Crippen LogP contribution >= 0.6 is 11.3 Å². The van der Waals surface area contributed by atoms with E-state index in [1.165, 1.54) is 17.4 Å². The molecular formula is C14H16N2O4S. The van der Waals surface area contributed by atoms with Gasteiger partial charge in [0.1, 0.15) is 11.3 Å². The quantitative estimate of drug-likeness (QED) is 0.886. The van der Waals surface area contributed by atoms with E-state index in [1.54, 1.807) is 0 Å². The van der Waals surface area contributed by atoms with Gasteiger partial charge < -0.3 is 14.8 Å². The first-order chi connectivity index (χ1) is 9.85. The van der Waals surface area contributed by atoms with Gasteiger partial charge in [-0.3, -0.25) is 4.79 Å². The fourth-order valence-corrected chi connectivity index (χ4v) is 2.77. The molecule has 1 unspecified atom stereocenters. The van der Waals surface area contributed by atoms with Crippen LogP contribution in [0, 0.1) is 6.92 Å². The fraction of sp³-hybridized carbons (Fsp3) is 0.357. The van der Waals surface area contributed by atoms with Crippen molar-refractivity contribution in [2.45, 2.75) is 32.7 Å². The molecule has 2 heterocycles. The zero-order valence-electron chi connectivity index (χ0n) is 12.0. The lowest BCUT2D eigenvalue weighted by atomic mass is 9.99. The molecule has 0 aromatic carbocycles. The summed E-state index contributed by atoms with van der Waals surface area (Å²) in [6, 6.07) is 1.21. The first-order valence-electron chi connectivity index (χ1n) is 6.42. The van der Waals surface area contributed by atoms with Crippen LogP contribution in [0.3, 0.4) is 0 Å². The van der Waals surface area contributed by atoms with Gasteiger partial charge in [-0.05, 0) is 20.3 Å². The van der Waals surface area contributed by atoms with Gasteiger partial charge in [0.15, 0.2) is 5.76 Å². The van der Waals surface area contributed by atoms with Gasteiger partial charge in [-0.15, -0.1) is 11.3 Å². The predicted octanol–water partition coefficient (Wildman–Crippen LogP) is 2.80. The number of furan rings is 1. The number of carbonyl (C=O) groups is 2. The lowest BCUT2D eigenvalue weighted by Crippen LogP contribution is -2.42. The number of aromatic nitrogens is 1. The SMILES string of the molecule is CCC(C)(NC(=O)c1cc(C(=O)O)co1)c1nc(C)cs1. The molecule has 1 atom stereocenters. The molecule has 0 aliphatic rings. The van der Waals surface area contributed by atoms with Crippen molar-refractivity contribution in [3.8, 4) is 0 Å². The van der Waals surface area contributed by atoms with E-state index in [9.17, 15) is 9.59 Å². The molecule has 0 aliphatic carbocycles. The molecular weight excluding hydrogens is 292 g/mol. The van der Waals surface area contributed by atoms with E-state index >= 15 is 0 Å². The summed E-state index contributed by atoms with van der Waals surface area (Å²) in [7, 11) is 0. The molecule has 7 heteroatoms. The average molecular weight is 308 g/mol. The van der Waals surface area contributed by atoms with Gasteiger partial charge in [0.2, 0.25) is 0 Å². The third-order valence-corrected chi connectivity index (χ3v) is 4.48. The van der Waals surface area contributed by atoms with Crippen molar-refractivity contribution in [2.24, 2.45) is 0 Å². The van der Waals surface area contributed by atoms with Crippen molar-refractivity contribution < 1.29 is 19.1 Å². The molecule has 0 saturated carbocycles. The summed E-state index contributed by atoms with van der Waals surface area (Å²) in [6.45, 7) is 5.72. The highest BCUT2D eigenvalue weighted by atomic mass is 32.1. The second-order valence-electron chi connectivity index (χ2n) is 4.94. The van der Waals surface area contributed by atoms with E-state index in [-0.39, 0.29) is 11.3 Å². The maximum atomic E-state index is 12.2. The minimum Gasteiger partial charge on any atom is -0.478 e. The van der Waals surface area contributed by atoms with E-state index in [2.05, 4.69) is 10.3 Å². The fourth-order valence-electron chi connectivity index (χ4n) is 1.78. The van der Waals surface area contributed by atoms with Crippen LogP contribution < -0.4 is 5.32 Å². The number of thiazole rings is 1. The molecule has 1 amide bonds. The highest BCUT2D eigenvalue weighted by molar-refractivity contribution is 7.09. The number of nitrogens with zero attached hydrogens (tertiary/aromatic N) is 1. The monoisotopic (exact) mass is 308 g/mol. The standard InChI is InChI=1S/C14H16N2O4S/c1-4-14(3,13-15-8(2)7-21-13)16-11(17)10-5-9(6-20-10)12(18)19/h5-7H,4H2,1-3H3,(H,16,17)(H,18,19). The summed E-state index contributed by atoms with van der Waals surface area (Å²) in [5.41, 5.74) is 0.227. The van der Waals surface area contributed by atoms with E-state index in [4.69, 9.17) is 9.52 Å². The van der Waals surface area contributed by atoms with E-state index in [1.807, 2.05) is 26.2 Å². The molecule has 21 heavy (non-hydrogen) atoms. The van der Waals surface area contributed by atoms with E-state index in [0.29, 0.717) is 6.42 Å². The van der Waals surface area contributed by atoms with E-state index in [0.717, 1.165) is 17.0 Å². The Balaban J connectivity index is 2.21. The number of rotatable bonds is 5. The van der Waals surface area contributed by atoms with Crippen molar-refractivity contribution in [2.75, 3.05) is 0 Å². The highest BCUT2D eigenvalue weighted by Crippen LogP contribution is 2.28. The molecule has 112 valence electrons. The van der Waals surface area contributed by atoms with Crippen LogP contribution in [0.2, 0.25) is 0 Å². The first-order valence-corrected chi connectivity index (χ1v) is 7.30. The minimum absolute atomic E-state index is 0.0275. The number of carboxylic acids is 1. The second kappa shape index (κ2) is 5.69. The third kappa shape index (κ3) is 3.13. The number of nitrogens with one attached hydrogen (secondary N) is 1. The van der Waals surface area contributed by atoms with Crippen LogP contribution in [-0.4, -0.2) is 22.0 Å². The summed E-state index contributed by atoms with van der Waals surface area (Å²) in [4.78, 5) is 27.4. The Kier molecular flexibility index (Phi) is 4.13. The molecule has 6 nitrogen and oxygen atoms in total. The number of aryl methyl sites for hydroxylation is 1. The summed E-state index contributed by atoms with van der Waals surface area (Å²) in [5.74, 6) is -1.62. The Morgan fingerprint density at radius 3 is 2.71 bits per heavy atom. The van der Waals surface area contributed by atoms with Gasteiger partial charge in [0.25, 0.3) is 5.91 Å². The summed E-state index contributed by atoms with van der Waals surface area (Å²) >= 11 is 1.48. The maximum Gasteiger partial charge on any atom is 0.338 e. The Labute approximate surface area is 125 Å². The lowest BCUT2D eigenvalue weighted by molar-refractivity contribution is 0.0695. The minimum atomic E-state index is -1.13. The number of hydrogen-bond donors (Lipinski definition) is 2. The van der Waals surface area contributed by atoms with Gasteiger partial charge in [0, 0.05) is 17.1 Å². The molecule has 2 aromatic heterocycles. The van der Waals surface area contributed by atoms with Gasteiger partial charge in [-0.1, -0.05) is 6.92 Å². The number of amides is 1. The maximum absolute atomic E-state index is 12.2. The summed E-state index contributed by atoms with van der Waals surface area (Å²) < 4.78 is 5.01. The van der Waals surface area contributed by atoms with Gasteiger partial charge >= 0.3 is 5.97 Å². The van der Waals surface area contributed by atoms with Crippen LogP contribution in [0.5, 0.6) is 0 Å². The highest BCUT2D eigenvalue weighted by Gasteiger charge is 2.31. The predicted molar refractivity (Wildman–Crippen MR) is 77.6 cm³/mol. The molecule has 0 bridgehead atoms. The largest absolute Gasteiger partial charge is 0.478 e. The van der Waals surface area contributed by atoms with Crippen molar-refractivity contribution in [3.63, 3.8) is 0 Å². The number of hydrogen-bond acceptors (Lipinski definition) is 5. The van der Waals surface area contributed by atoms with Gasteiger partial charge in [-0.2, -0.15) is 0 Å². The Hall–Kier alpha value is -2.15.